The number of aryl methyl sites for hydroxylation is 1. The first-order valence-corrected chi connectivity index (χ1v) is 10.4. The zero-order valence-electron chi connectivity index (χ0n) is 18.2. The molecule has 6 nitrogen and oxygen atoms in total. The molecule has 1 aliphatic heterocycles. The van der Waals surface area contributed by atoms with Crippen LogP contribution in [-0.4, -0.2) is 25.5 Å². The lowest BCUT2D eigenvalue weighted by Gasteiger charge is -2.19. The molecule has 0 saturated carbocycles. The van der Waals surface area contributed by atoms with Crippen molar-refractivity contribution in [2.24, 2.45) is 0 Å². The van der Waals surface area contributed by atoms with Crippen molar-refractivity contribution in [2.45, 2.75) is 13.8 Å². The molecule has 3 aromatic rings. The highest BCUT2D eigenvalue weighted by Gasteiger charge is 2.41. The molecule has 162 valence electrons. The van der Waals surface area contributed by atoms with Crippen LogP contribution in [0.2, 0.25) is 0 Å². The number of imide groups is 1. The van der Waals surface area contributed by atoms with E-state index in [1.165, 1.54) is 12.0 Å². The minimum Gasteiger partial charge on any atom is -0.495 e. The van der Waals surface area contributed by atoms with Crippen molar-refractivity contribution in [1.82, 2.24) is 0 Å². The van der Waals surface area contributed by atoms with E-state index >= 15 is 0 Å². The van der Waals surface area contributed by atoms with E-state index in [2.05, 4.69) is 5.32 Å². The zero-order chi connectivity index (χ0) is 22.7. The summed E-state index contributed by atoms with van der Waals surface area (Å²) in [5.74, 6) is 0.340. The van der Waals surface area contributed by atoms with Crippen molar-refractivity contribution in [2.75, 3.05) is 23.9 Å². The van der Waals surface area contributed by atoms with Gasteiger partial charge in [-0.3, -0.25) is 9.59 Å². The molecule has 3 aromatic carbocycles. The molecule has 0 bridgehead atoms. The number of nitrogens with one attached hydrogen (secondary N) is 1. The monoisotopic (exact) mass is 428 g/mol. The highest BCUT2D eigenvalue weighted by molar-refractivity contribution is 6.46. The van der Waals surface area contributed by atoms with Crippen LogP contribution in [0.15, 0.2) is 78.5 Å². The molecule has 6 heteroatoms. The Balaban J connectivity index is 1.79. The Bertz CT molecular complexity index is 1180. The third kappa shape index (κ3) is 3.95. The van der Waals surface area contributed by atoms with Crippen LogP contribution < -0.4 is 19.7 Å². The number of anilines is 2. The second kappa shape index (κ2) is 8.98. The summed E-state index contributed by atoms with van der Waals surface area (Å²) in [6.45, 7) is 4.38. The second-order valence-electron chi connectivity index (χ2n) is 7.32. The van der Waals surface area contributed by atoms with Gasteiger partial charge in [0.25, 0.3) is 11.8 Å². The van der Waals surface area contributed by atoms with Crippen LogP contribution in [0.4, 0.5) is 11.4 Å². The largest absolute Gasteiger partial charge is 0.495 e. The van der Waals surface area contributed by atoms with Gasteiger partial charge in [-0.2, -0.15) is 0 Å². The Hall–Kier alpha value is -4.06. The minimum absolute atomic E-state index is 0.217. The average molecular weight is 428 g/mol. The molecular weight excluding hydrogens is 404 g/mol. The smallest absolute Gasteiger partial charge is 0.282 e. The van der Waals surface area contributed by atoms with Crippen molar-refractivity contribution in [3.63, 3.8) is 0 Å². The molecule has 0 fully saturated rings. The summed E-state index contributed by atoms with van der Waals surface area (Å²) in [6.07, 6.45) is 0. The highest BCUT2D eigenvalue weighted by Crippen LogP contribution is 2.38. The van der Waals surface area contributed by atoms with Crippen LogP contribution in [0.25, 0.3) is 5.57 Å². The maximum Gasteiger partial charge on any atom is 0.282 e. The second-order valence-corrected chi connectivity index (χ2v) is 7.32. The lowest BCUT2D eigenvalue weighted by molar-refractivity contribution is -0.120. The third-order valence-electron chi connectivity index (χ3n) is 5.16. The first kappa shape index (κ1) is 21.2. The molecule has 0 saturated heterocycles. The van der Waals surface area contributed by atoms with Crippen LogP contribution in [0.5, 0.6) is 11.5 Å². The predicted octanol–water partition coefficient (Wildman–Crippen LogP) is 4.80. The summed E-state index contributed by atoms with van der Waals surface area (Å²) < 4.78 is 10.9. The maximum atomic E-state index is 13.6. The van der Waals surface area contributed by atoms with Crippen LogP contribution in [0.1, 0.15) is 18.1 Å². The number of hydrogen-bond acceptors (Lipinski definition) is 5. The number of ether oxygens (including phenoxy) is 2. The standard InChI is InChI=1S/C26H24N2O4/c1-4-32-20-13-11-19(12-14-20)27-24-23(18-8-6-5-7-9-18)25(29)28(26(24)30)21-16-17(2)10-15-22(21)31-3/h5-16,27H,4H2,1-3H3. The zero-order valence-corrected chi connectivity index (χ0v) is 18.2. The molecule has 1 N–H and O–H groups in total. The number of methoxy groups -OCH3 is 1. The summed E-state index contributed by atoms with van der Waals surface area (Å²) in [6, 6.07) is 21.8. The molecule has 0 atom stereocenters. The summed E-state index contributed by atoms with van der Waals surface area (Å²) >= 11 is 0. The number of carbonyl (C=O) groups excluding carboxylic acids is 2. The molecular formula is C26H24N2O4. The highest BCUT2D eigenvalue weighted by atomic mass is 16.5. The number of amides is 2. The van der Waals surface area contributed by atoms with Gasteiger partial charge < -0.3 is 14.8 Å². The summed E-state index contributed by atoms with van der Waals surface area (Å²) in [5, 5.41) is 3.16. The van der Waals surface area contributed by atoms with Gasteiger partial charge in [0.15, 0.2) is 0 Å². The fourth-order valence-electron chi connectivity index (χ4n) is 3.66. The quantitative estimate of drug-likeness (QED) is 0.548. The average Bonchev–Trinajstić information content (AvgIpc) is 3.05. The number of hydrogen-bond donors (Lipinski definition) is 1. The minimum atomic E-state index is -0.438. The topological polar surface area (TPSA) is 67.9 Å². The van der Waals surface area contributed by atoms with Crippen LogP contribution in [0, 0.1) is 6.92 Å². The molecule has 1 heterocycles. The van der Waals surface area contributed by atoms with Gasteiger partial charge in [-0.15, -0.1) is 0 Å². The van der Waals surface area contributed by atoms with Crippen LogP contribution >= 0.6 is 0 Å². The Morgan fingerprint density at radius 2 is 1.62 bits per heavy atom. The first-order chi connectivity index (χ1) is 15.5. The van der Waals surface area contributed by atoms with Crippen molar-refractivity contribution < 1.29 is 19.1 Å². The lowest BCUT2D eigenvalue weighted by atomic mass is 10.0. The van der Waals surface area contributed by atoms with E-state index in [1.54, 1.807) is 12.1 Å². The van der Waals surface area contributed by atoms with Gasteiger partial charge in [-0.1, -0.05) is 36.4 Å². The van der Waals surface area contributed by atoms with E-state index in [9.17, 15) is 9.59 Å². The number of nitrogens with zero attached hydrogens (tertiary/aromatic N) is 1. The Labute approximate surface area is 187 Å². The number of benzene rings is 3. The number of carbonyl (C=O) groups is 2. The van der Waals surface area contributed by atoms with Crippen molar-refractivity contribution >= 4 is 28.8 Å². The number of rotatable bonds is 7. The molecule has 0 aromatic heterocycles. The summed E-state index contributed by atoms with van der Waals surface area (Å²) in [4.78, 5) is 28.3. The molecule has 0 unspecified atom stereocenters. The fourth-order valence-corrected chi connectivity index (χ4v) is 3.66. The van der Waals surface area contributed by atoms with Gasteiger partial charge in [-0.25, -0.2) is 4.90 Å². The third-order valence-corrected chi connectivity index (χ3v) is 5.16. The van der Waals surface area contributed by atoms with E-state index in [1.807, 2.05) is 74.5 Å². The maximum absolute atomic E-state index is 13.6. The lowest BCUT2D eigenvalue weighted by Crippen LogP contribution is -2.32. The van der Waals surface area contributed by atoms with Gasteiger partial charge in [0.1, 0.15) is 17.2 Å². The van der Waals surface area contributed by atoms with E-state index in [0.29, 0.717) is 34.9 Å². The molecule has 4 rings (SSSR count). The van der Waals surface area contributed by atoms with Crippen molar-refractivity contribution in [3.05, 3.63) is 89.6 Å². The molecule has 1 aliphatic rings. The van der Waals surface area contributed by atoms with E-state index in [4.69, 9.17) is 9.47 Å². The van der Waals surface area contributed by atoms with Gasteiger partial charge in [0.05, 0.1) is 25.0 Å². The Morgan fingerprint density at radius 1 is 0.906 bits per heavy atom. The molecule has 0 radical (unpaired) electrons. The Morgan fingerprint density at radius 3 is 2.28 bits per heavy atom. The van der Waals surface area contributed by atoms with Gasteiger partial charge >= 0.3 is 0 Å². The van der Waals surface area contributed by atoms with Gasteiger partial charge in [-0.05, 0) is 61.4 Å². The molecule has 2 amide bonds. The Kier molecular flexibility index (Phi) is 5.94. The molecule has 0 aliphatic carbocycles. The fraction of sp³-hybridized carbons (Fsp3) is 0.154. The van der Waals surface area contributed by atoms with E-state index in [0.717, 1.165) is 11.3 Å². The SMILES string of the molecule is CCOc1ccc(NC2=C(c3ccccc3)C(=O)N(c3cc(C)ccc3OC)C2=O)cc1. The first-order valence-electron chi connectivity index (χ1n) is 10.4. The van der Waals surface area contributed by atoms with Gasteiger partial charge in [0, 0.05) is 5.69 Å². The van der Waals surface area contributed by atoms with Crippen LogP contribution in [-0.2, 0) is 9.59 Å². The van der Waals surface area contributed by atoms with Crippen LogP contribution in [0.3, 0.4) is 0 Å². The van der Waals surface area contributed by atoms with Gasteiger partial charge in [0.2, 0.25) is 0 Å². The molecule has 32 heavy (non-hydrogen) atoms. The van der Waals surface area contributed by atoms with E-state index < -0.39 is 11.8 Å². The predicted molar refractivity (Wildman–Crippen MR) is 125 cm³/mol. The van der Waals surface area contributed by atoms with E-state index in [-0.39, 0.29) is 5.70 Å². The van der Waals surface area contributed by atoms with Crippen molar-refractivity contribution in [3.8, 4) is 11.5 Å². The van der Waals surface area contributed by atoms with Crippen molar-refractivity contribution in [1.29, 1.82) is 0 Å². The summed E-state index contributed by atoms with van der Waals surface area (Å²) in [5.41, 5.74) is 3.20. The molecule has 0 spiro atoms. The normalized spacial score (nSPS) is 13.5. The summed E-state index contributed by atoms with van der Waals surface area (Å²) in [7, 11) is 1.52.